The molecule has 0 spiro atoms. The Labute approximate surface area is 154 Å². The molecule has 0 heterocycles. The van der Waals surface area contributed by atoms with Crippen LogP contribution in [0.2, 0.25) is 0 Å². The lowest BCUT2D eigenvalue weighted by Crippen LogP contribution is -1.87. The van der Waals surface area contributed by atoms with E-state index in [1.54, 1.807) is 0 Å². The summed E-state index contributed by atoms with van der Waals surface area (Å²) in [4.78, 5) is 0. The highest BCUT2D eigenvalue weighted by atomic mass is 16.5. The maximum atomic E-state index is 5.01. The lowest BCUT2D eigenvalue weighted by Gasteiger charge is -2.04. The molecule has 144 valence electrons. The third-order valence-corrected chi connectivity index (χ3v) is 5.12. The molecule has 2 radical (unpaired) electrons. The van der Waals surface area contributed by atoms with Crippen LogP contribution in [-0.4, -0.2) is 6.61 Å². The van der Waals surface area contributed by atoms with Crippen molar-refractivity contribution in [3.05, 3.63) is 7.11 Å². The van der Waals surface area contributed by atoms with Crippen LogP contribution in [-0.2, 0) is 4.74 Å². The highest BCUT2D eigenvalue weighted by Gasteiger charge is 1.95. The van der Waals surface area contributed by atoms with Gasteiger partial charge in [-0.3, -0.25) is 0 Å². The van der Waals surface area contributed by atoms with E-state index in [0.717, 1.165) is 13.0 Å². The van der Waals surface area contributed by atoms with Crippen LogP contribution in [0.3, 0.4) is 0 Å². The van der Waals surface area contributed by atoms with E-state index in [1.165, 1.54) is 122 Å². The predicted molar refractivity (Wildman–Crippen MR) is 108 cm³/mol. The Kier molecular flexibility index (Phi) is 22.9. The molecule has 24 heavy (non-hydrogen) atoms. The number of ether oxygens (including phenoxy) is 1. The largest absolute Gasteiger partial charge is 0.373 e. The van der Waals surface area contributed by atoms with Gasteiger partial charge in [-0.2, -0.15) is 0 Å². The van der Waals surface area contributed by atoms with Crippen LogP contribution < -0.4 is 0 Å². The zero-order valence-corrected chi connectivity index (χ0v) is 16.8. The van der Waals surface area contributed by atoms with Crippen molar-refractivity contribution >= 4 is 0 Å². The first-order chi connectivity index (χ1) is 11.9. The molecule has 1 heteroatoms. The molecular weight excluding hydrogens is 292 g/mol. The number of rotatable bonds is 21. The molecule has 0 bridgehead atoms. The minimum absolute atomic E-state index is 0.721. The summed E-state index contributed by atoms with van der Waals surface area (Å²) in [6.45, 7) is 3.02. The fourth-order valence-corrected chi connectivity index (χ4v) is 3.44. The maximum Gasteiger partial charge on any atom is 0.115 e. The molecule has 0 aliphatic heterocycles. The van der Waals surface area contributed by atoms with Gasteiger partial charge >= 0.3 is 0 Å². The quantitative estimate of drug-likeness (QED) is 0.191. The minimum atomic E-state index is 0.721. The van der Waals surface area contributed by atoms with Crippen LogP contribution in [0.1, 0.15) is 135 Å². The lowest BCUT2D eigenvalue weighted by molar-refractivity contribution is 0.233. The molecule has 0 aliphatic carbocycles. The molecule has 0 N–H and O–H groups in total. The zero-order chi connectivity index (χ0) is 17.6. The molecule has 1 nitrogen and oxygen atoms in total. The summed E-state index contributed by atoms with van der Waals surface area (Å²) >= 11 is 0. The molecule has 0 amide bonds. The van der Waals surface area contributed by atoms with Crippen molar-refractivity contribution in [2.45, 2.75) is 135 Å². The Morgan fingerprint density at radius 3 is 0.917 bits per heavy atom. The van der Waals surface area contributed by atoms with Crippen LogP contribution in [0.5, 0.6) is 0 Å². The summed E-state index contributed by atoms with van der Waals surface area (Å²) in [5, 5.41) is 0. The van der Waals surface area contributed by atoms with Gasteiger partial charge in [0.25, 0.3) is 0 Å². The number of hydrogen-bond acceptors (Lipinski definition) is 1. The van der Waals surface area contributed by atoms with E-state index in [1.807, 2.05) is 0 Å². The third-order valence-electron chi connectivity index (χ3n) is 5.12. The Morgan fingerprint density at radius 1 is 0.417 bits per heavy atom. The second kappa shape index (κ2) is 23.0. The Hall–Kier alpha value is -0.0400. The summed E-state index contributed by atoms with van der Waals surface area (Å²) in [5.74, 6) is 0. The monoisotopic (exact) mass is 338 g/mol. The second-order valence-corrected chi connectivity index (χ2v) is 7.59. The van der Waals surface area contributed by atoms with Crippen molar-refractivity contribution < 1.29 is 4.74 Å². The molecule has 0 saturated heterocycles. The summed E-state index contributed by atoms with van der Waals surface area (Å²) in [6.07, 6.45) is 28.4. The van der Waals surface area contributed by atoms with Crippen LogP contribution >= 0.6 is 0 Å². The molecule has 0 unspecified atom stereocenters. The summed E-state index contributed by atoms with van der Waals surface area (Å²) in [7, 11) is 5.01. The molecule has 0 saturated carbocycles. The van der Waals surface area contributed by atoms with Gasteiger partial charge in [-0.15, -0.1) is 0 Å². The SMILES string of the molecule is [CH]OCCCCCCCCCCCCCCCCCCCCCC. The van der Waals surface area contributed by atoms with Gasteiger partial charge in [0.1, 0.15) is 7.11 Å². The molecule has 0 aromatic carbocycles. The van der Waals surface area contributed by atoms with E-state index in [2.05, 4.69) is 11.7 Å². The van der Waals surface area contributed by atoms with Crippen LogP contribution in [0, 0.1) is 7.11 Å². The zero-order valence-electron chi connectivity index (χ0n) is 16.8. The first-order valence-electron chi connectivity index (χ1n) is 11.2. The Bertz CT molecular complexity index is 180. The Morgan fingerprint density at radius 2 is 0.667 bits per heavy atom. The first-order valence-corrected chi connectivity index (χ1v) is 11.2. The van der Waals surface area contributed by atoms with Gasteiger partial charge < -0.3 is 4.74 Å². The maximum absolute atomic E-state index is 5.01. The highest BCUT2D eigenvalue weighted by Crippen LogP contribution is 2.14. The van der Waals surface area contributed by atoms with Crippen LogP contribution in [0.4, 0.5) is 0 Å². The normalized spacial score (nSPS) is 11.2. The lowest BCUT2D eigenvalue weighted by atomic mass is 10.0. The summed E-state index contributed by atoms with van der Waals surface area (Å²) in [5.41, 5.74) is 0. The van der Waals surface area contributed by atoms with Gasteiger partial charge in [-0.05, 0) is 6.42 Å². The van der Waals surface area contributed by atoms with Gasteiger partial charge in [0.15, 0.2) is 0 Å². The first kappa shape index (κ1) is 24.0. The van der Waals surface area contributed by atoms with E-state index < -0.39 is 0 Å². The molecule has 0 rings (SSSR count). The molecule has 0 fully saturated rings. The second-order valence-electron chi connectivity index (χ2n) is 7.59. The van der Waals surface area contributed by atoms with Crippen LogP contribution in [0.25, 0.3) is 0 Å². The van der Waals surface area contributed by atoms with Gasteiger partial charge in [0.2, 0.25) is 0 Å². The van der Waals surface area contributed by atoms with E-state index in [-0.39, 0.29) is 0 Å². The van der Waals surface area contributed by atoms with E-state index in [9.17, 15) is 0 Å². The van der Waals surface area contributed by atoms with Crippen molar-refractivity contribution in [2.24, 2.45) is 0 Å². The van der Waals surface area contributed by atoms with E-state index in [0.29, 0.717) is 0 Å². The van der Waals surface area contributed by atoms with Crippen molar-refractivity contribution in [2.75, 3.05) is 6.61 Å². The fourth-order valence-electron chi connectivity index (χ4n) is 3.44. The Balaban J connectivity index is 2.93. The predicted octanol–water partition coefficient (Wildman–Crippen LogP) is 8.49. The standard InChI is InChI=1S/C23H46O/c1-3-4-5-6-7-8-9-10-11-12-13-14-15-16-17-18-19-20-21-22-23-24-2/h2H,3-23H2,1H3. The molecule has 0 aliphatic rings. The third kappa shape index (κ3) is 22.0. The number of hydrogen-bond donors (Lipinski definition) is 0. The average Bonchev–Trinajstić information content (AvgIpc) is 2.60. The van der Waals surface area contributed by atoms with Gasteiger partial charge in [-0.25, -0.2) is 0 Å². The average molecular weight is 339 g/mol. The van der Waals surface area contributed by atoms with Crippen molar-refractivity contribution in [1.82, 2.24) is 0 Å². The van der Waals surface area contributed by atoms with Gasteiger partial charge in [-0.1, -0.05) is 129 Å². The van der Waals surface area contributed by atoms with E-state index in [4.69, 9.17) is 7.11 Å². The number of unbranched alkanes of at least 4 members (excludes halogenated alkanes) is 19. The topological polar surface area (TPSA) is 9.23 Å². The van der Waals surface area contributed by atoms with Crippen molar-refractivity contribution in [1.29, 1.82) is 0 Å². The molecule has 0 aromatic heterocycles. The molecular formula is C23H46O. The van der Waals surface area contributed by atoms with Gasteiger partial charge in [0.05, 0.1) is 0 Å². The van der Waals surface area contributed by atoms with E-state index >= 15 is 0 Å². The summed E-state index contributed by atoms with van der Waals surface area (Å²) in [6, 6.07) is 0. The fraction of sp³-hybridized carbons (Fsp3) is 0.957. The minimum Gasteiger partial charge on any atom is -0.373 e. The summed E-state index contributed by atoms with van der Waals surface area (Å²) < 4.78 is 4.58. The van der Waals surface area contributed by atoms with Crippen LogP contribution in [0.15, 0.2) is 0 Å². The molecule has 0 aromatic rings. The highest BCUT2D eigenvalue weighted by molar-refractivity contribution is 4.50. The molecule has 0 atom stereocenters. The smallest absolute Gasteiger partial charge is 0.115 e. The van der Waals surface area contributed by atoms with Gasteiger partial charge in [0, 0.05) is 6.61 Å². The van der Waals surface area contributed by atoms with Crippen molar-refractivity contribution in [3.8, 4) is 0 Å². The van der Waals surface area contributed by atoms with Crippen molar-refractivity contribution in [3.63, 3.8) is 0 Å².